The number of anilines is 1. The molecule has 0 fully saturated rings. The molecule has 4 rings (SSSR count). The van der Waals surface area contributed by atoms with Gasteiger partial charge in [-0.3, -0.25) is 4.98 Å². The molecular weight excluding hydrogens is 320 g/mol. The van der Waals surface area contributed by atoms with Crippen LogP contribution in [0.15, 0.2) is 30.5 Å². The molecule has 0 saturated carbocycles. The zero-order valence-corrected chi connectivity index (χ0v) is 13.8. The Labute approximate surface area is 144 Å². The van der Waals surface area contributed by atoms with Crippen molar-refractivity contribution in [2.45, 2.75) is 19.9 Å². The Morgan fingerprint density at radius 2 is 2.08 bits per heavy atom. The molecule has 4 bridgehead atoms. The predicted octanol–water partition coefficient (Wildman–Crippen LogP) is 1.88. The van der Waals surface area contributed by atoms with Gasteiger partial charge in [-0.2, -0.15) is 9.97 Å². The maximum Gasteiger partial charge on any atom is 0.320 e. The molecule has 0 saturated heterocycles. The molecule has 1 aliphatic heterocycles. The van der Waals surface area contributed by atoms with Crippen molar-refractivity contribution in [2.24, 2.45) is 0 Å². The van der Waals surface area contributed by atoms with Gasteiger partial charge in [0.05, 0.1) is 18.8 Å². The average molecular weight is 338 g/mol. The van der Waals surface area contributed by atoms with E-state index in [1.807, 2.05) is 35.8 Å². The molecule has 25 heavy (non-hydrogen) atoms. The summed E-state index contributed by atoms with van der Waals surface area (Å²) in [6, 6.07) is 4.02. The molecule has 0 atom stereocenters. The molecule has 1 aliphatic rings. The molecule has 3 aromatic heterocycles. The number of aryl methyl sites for hydroxylation is 1. The van der Waals surface area contributed by atoms with Gasteiger partial charge in [-0.1, -0.05) is 12.2 Å². The third kappa shape index (κ3) is 3.10. The smallest absolute Gasteiger partial charge is 0.320 e. The summed E-state index contributed by atoms with van der Waals surface area (Å²) >= 11 is 0. The van der Waals surface area contributed by atoms with E-state index in [2.05, 4.69) is 19.9 Å². The number of nitrogen functional groups attached to an aromatic ring is 1. The molecule has 3 aromatic rings. The van der Waals surface area contributed by atoms with Crippen LogP contribution < -0.4 is 15.2 Å². The summed E-state index contributed by atoms with van der Waals surface area (Å²) in [4.78, 5) is 17.6. The number of fused-ring (bicyclic) bond motifs is 3. The van der Waals surface area contributed by atoms with E-state index in [0.29, 0.717) is 36.7 Å². The molecular formula is C17H18N6O2. The van der Waals surface area contributed by atoms with Gasteiger partial charge in [-0.25, -0.2) is 4.98 Å². The fourth-order valence-corrected chi connectivity index (χ4v) is 2.71. The van der Waals surface area contributed by atoms with Crippen molar-refractivity contribution in [3.8, 4) is 11.8 Å². The van der Waals surface area contributed by atoms with Gasteiger partial charge in [0.25, 0.3) is 0 Å². The van der Waals surface area contributed by atoms with Crippen molar-refractivity contribution in [3.05, 3.63) is 42.0 Å². The molecule has 4 heterocycles. The number of nitrogens with two attached hydrogens (primary N) is 1. The van der Waals surface area contributed by atoms with Gasteiger partial charge in [-0.05, 0) is 19.4 Å². The van der Waals surface area contributed by atoms with Gasteiger partial charge in [0.15, 0.2) is 17.0 Å². The lowest BCUT2D eigenvalue weighted by atomic mass is 10.3. The Hall–Kier alpha value is -3.16. The molecule has 8 heteroatoms. The monoisotopic (exact) mass is 338 g/mol. The summed E-state index contributed by atoms with van der Waals surface area (Å²) < 4.78 is 13.3. The van der Waals surface area contributed by atoms with Crippen molar-refractivity contribution < 1.29 is 9.47 Å². The van der Waals surface area contributed by atoms with Crippen LogP contribution in [0, 0.1) is 6.92 Å². The quantitative estimate of drug-likeness (QED) is 0.624. The highest BCUT2D eigenvalue weighted by atomic mass is 16.5. The van der Waals surface area contributed by atoms with E-state index in [1.165, 1.54) is 0 Å². The fraction of sp³-hybridized carbons (Fsp3) is 0.294. The maximum atomic E-state index is 6.04. The summed E-state index contributed by atoms with van der Waals surface area (Å²) in [5.74, 6) is 1.87. The van der Waals surface area contributed by atoms with Crippen LogP contribution in [0.4, 0.5) is 5.82 Å². The number of imidazole rings is 1. The number of ether oxygens (including phenoxy) is 2. The van der Waals surface area contributed by atoms with Crippen molar-refractivity contribution in [3.63, 3.8) is 0 Å². The average Bonchev–Trinajstić information content (AvgIpc) is 2.90. The Kier molecular flexibility index (Phi) is 3.93. The van der Waals surface area contributed by atoms with E-state index in [1.54, 1.807) is 6.20 Å². The zero-order chi connectivity index (χ0) is 17.2. The van der Waals surface area contributed by atoms with Crippen molar-refractivity contribution in [2.75, 3.05) is 18.9 Å². The molecule has 0 unspecified atom stereocenters. The van der Waals surface area contributed by atoms with Gasteiger partial charge in [-0.15, -0.1) is 0 Å². The first-order valence-corrected chi connectivity index (χ1v) is 8.06. The highest BCUT2D eigenvalue weighted by Gasteiger charge is 2.16. The first-order valence-electron chi connectivity index (χ1n) is 8.06. The van der Waals surface area contributed by atoms with E-state index in [9.17, 15) is 0 Å². The molecule has 0 radical (unpaired) electrons. The van der Waals surface area contributed by atoms with E-state index in [4.69, 9.17) is 15.2 Å². The van der Waals surface area contributed by atoms with Crippen molar-refractivity contribution >= 4 is 17.0 Å². The number of aromatic nitrogens is 5. The summed E-state index contributed by atoms with van der Waals surface area (Å²) in [6.07, 6.45) is 6.42. The van der Waals surface area contributed by atoms with E-state index < -0.39 is 0 Å². The Bertz CT molecular complexity index is 950. The highest BCUT2D eigenvalue weighted by molar-refractivity contribution is 5.82. The number of nitrogens with zero attached hydrogens (tertiary/aromatic N) is 5. The van der Waals surface area contributed by atoms with Gasteiger partial charge in [0, 0.05) is 12.3 Å². The molecule has 8 nitrogen and oxygen atoms in total. The van der Waals surface area contributed by atoms with Crippen LogP contribution in [0.25, 0.3) is 11.2 Å². The van der Waals surface area contributed by atoms with Crippen LogP contribution in [0.3, 0.4) is 0 Å². The fourth-order valence-electron chi connectivity index (χ4n) is 2.71. The van der Waals surface area contributed by atoms with E-state index >= 15 is 0 Å². The lowest BCUT2D eigenvalue weighted by molar-refractivity contribution is 0.300. The summed E-state index contributed by atoms with van der Waals surface area (Å²) in [7, 11) is 0. The molecule has 0 amide bonds. The molecule has 0 aromatic carbocycles. The summed E-state index contributed by atoms with van der Waals surface area (Å²) in [6.45, 7) is 3.37. The van der Waals surface area contributed by atoms with Gasteiger partial charge in [0.1, 0.15) is 18.2 Å². The Morgan fingerprint density at radius 3 is 3.00 bits per heavy atom. The minimum atomic E-state index is 0.257. The molecule has 0 spiro atoms. The second-order valence-corrected chi connectivity index (χ2v) is 5.71. The van der Waals surface area contributed by atoms with Crippen LogP contribution in [-0.4, -0.2) is 37.7 Å². The van der Waals surface area contributed by atoms with E-state index in [0.717, 1.165) is 23.7 Å². The SMILES string of the molecule is Cc1nc2c(N)nc3nc2n1Cc1cc(ccn1)OC/C=C\CCO3. The van der Waals surface area contributed by atoms with Crippen LogP contribution >= 0.6 is 0 Å². The lowest BCUT2D eigenvalue weighted by Gasteiger charge is -2.09. The topological polar surface area (TPSA) is 101 Å². The second-order valence-electron chi connectivity index (χ2n) is 5.71. The minimum absolute atomic E-state index is 0.257. The van der Waals surface area contributed by atoms with Gasteiger partial charge >= 0.3 is 6.01 Å². The van der Waals surface area contributed by atoms with Crippen LogP contribution in [0.2, 0.25) is 0 Å². The van der Waals surface area contributed by atoms with E-state index in [-0.39, 0.29) is 6.01 Å². The molecule has 2 N–H and O–H groups in total. The second kappa shape index (κ2) is 6.39. The number of hydrogen-bond donors (Lipinski definition) is 1. The minimum Gasteiger partial charge on any atom is -0.489 e. The third-order valence-electron chi connectivity index (χ3n) is 3.93. The maximum absolute atomic E-state index is 6.04. The van der Waals surface area contributed by atoms with Crippen molar-refractivity contribution in [1.29, 1.82) is 0 Å². The number of hydrogen-bond acceptors (Lipinski definition) is 7. The van der Waals surface area contributed by atoms with Crippen LogP contribution in [0.1, 0.15) is 17.9 Å². The van der Waals surface area contributed by atoms with Crippen LogP contribution in [-0.2, 0) is 6.54 Å². The first-order chi connectivity index (χ1) is 12.2. The van der Waals surface area contributed by atoms with Crippen molar-refractivity contribution in [1.82, 2.24) is 24.5 Å². The standard InChI is InChI=1S/C17H18N6O2/c1-11-20-14-15(18)21-17-22-16(14)23(11)10-12-9-13(5-6-19-12)24-7-3-2-4-8-25-17/h2-3,5-6,9H,4,7-8,10H2,1H3,(H2,18,21,22)/b3-2-. The van der Waals surface area contributed by atoms with Crippen LogP contribution in [0.5, 0.6) is 11.8 Å². The number of pyridine rings is 1. The third-order valence-corrected chi connectivity index (χ3v) is 3.93. The highest BCUT2D eigenvalue weighted by Crippen LogP contribution is 2.23. The Balaban J connectivity index is 1.83. The first kappa shape index (κ1) is 15.4. The largest absolute Gasteiger partial charge is 0.489 e. The lowest BCUT2D eigenvalue weighted by Crippen LogP contribution is -2.07. The van der Waals surface area contributed by atoms with Gasteiger partial charge < -0.3 is 19.8 Å². The predicted molar refractivity (Wildman–Crippen MR) is 92.6 cm³/mol. The molecule has 0 aliphatic carbocycles. The number of rotatable bonds is 0. The normalized spacial score (nSPS) is 15.9. The molecule has 128 valence electrons. The zero-order valence-electron chi connectivity index (χ0n) is 13.8. The Morgan fingerprint density at radius 1 is 1.16 bits per heavy atom. The summed E-state index contributed by atoms with van der Waals surface area (Å²) in [5.41, 5.74) is 8.09. The summed E-state index contributed by atoms with van der Waals surface area (Å²) in [5, 5.41) is 0. The van der Waals surface area contributed by atoms with Gasteiger partial charge in [0.2, 0.25) is 0 Å².